The number of imidazole rings is 1. The van der Waals surface area contributed by atoms with Gasteiger partial charge in [0.2, 0.25) is 0 Å². The fraction of sp³-hybridized carbons (Fsp3) is 0.412. The lowest BCUT2D eigenvalue weighted by atomic mass is 10.1. The van der Waals surface area contributed by atoms with Gasteiger partial charge < -0.3 is 19.9 Å². The number of benzene rings is 1. The molecule has 1 aromatic heterocycles. The van der Waals surface area contributed by atoms with Gasteiger partial charge in [-0.15, -0.1) is 24.0 Å². The second kappa shape index (κ2) is 11.7. The Morgan fingerprint density at radius 1 is 1.35 bits per heavy atom. The zero-order valence-corrected chi connectivity index (χ0v) is 17.1. The van der Waals surface area contributed by atoms with Gasteiger partial charge in [0.05, 0.1) is 6.33 Å². The van der Waals surface area contributed by atoms with Gasteiger partial charge in [-0.1, -0.05) is 17.7 Å². The first kappa shape index (κ1) is 22.1. The maximum Gasteiger partial charge on any atom is 0.387 e. The highest BCUT2D eigenvalue weighted by Gasteiger charge is 2.10. The van der Waals surface area contributed by atoms with Crippen LogP contribution in [-0.4, -0.2) is 35.7 Å². The summed E-state index contributed by atoms with van der Waals surface area (Å²) in [6, 6.07) is 5.11. The normalized spacial score (nSPS) is 11.2. The van der Waals surface area contributed by atoms with Crippen LogP contribution in [0.15, 0.2) is 41.9 Å². The molecule has 0 spiro atoms. The quantitative estimate of drug-likeness (QED) is 0.264. The molecule has 0 unspecified atom stereocenters. The van der Waals surface area contributed by atoms with Crippen LogP contribution in [0, 0.1) is 6.92 Å². The Kier molecular flexibility index (Phi) is 9.92. The average Bonchev–Trinajstić information content (AvgIpc) is 3.09. The van der Waals surface area contributed by atoms with Crippen LogP contribution in [0.25, 0.3) is 0 Å². The van der Waals surface area contributed by atoms with Crippen LogP contribution in [-0.2, 0) is 13.1 Å². The molecule has 0 radical (unpaired) electrons. The van der Waals surface area contributed by atoms with Crippen LogP contribution in [0.3, 0.4) is 0 Å². The molecule has 9 heteroatoms. The maximum absolute atomic E-state index is 12.5. The zero-order valence-electron chi connectivity index (χ0n) is 14.8. The van der Waals surface area contributed by atoms with E-state index in [0.717, 1.165) is 25.1 Å². The van der Waals surface area contributed by atoms with E-state index in [1.807, 2.05) is 23.8 Å². The number of rotatable bonds is 8. The molecular weight excluding hydrogens is 455 g/mol. The molecule has 1 heterocycles. The van der Waals surface area contributed by atoms with Crippen LogP contribution >= 0.6 is 24.0 Å². The molecule has 0 saturated carbocycles. The number of hydrogen-bond donors (Lipinski definition) is 2. The first-order valence-electron chi connectivity index (χ1n) is 8.03. The Labute approximate surface area is 169 Å². The standard InChI is InChI=1S/C17H23F2N5O.HI/c1-13-4-5-15(25-16(18)19)14(10-13)11-23-17(20-2)22-6-3-8-24-9-7-21-12-24;/h4-5,7,9-10,12,16H,3,6,8,11H2,1-2H3,(H2,20,22,23);1H. The van der Waals surface area contributed by atoms with E-state index in [1.54, 1.807) is 31.7 Å². The number of aromatic nitrogens is 2. The molecule has 2 aromatic rings. The van der Waals surface area contributed by atoms with Gasteiger partial charge in [-0.05, 0) is 19.4 Å². The Morgan fingerprint density at radius 3 is 2.81 bits per heavy atom. The van der Waals surface area contributed by atoms with Crippen molar-refractivity contribution in [2.24, 2.45) is 4.99 Å². The smallest absolute Gasteiger partial charge is 0.387 e. The monoisotopic (exact) mass is 479 g/mol. The third-order valence-corrected chi connectivity index (χ3v) is 3.55. The van der Waals surface area contributed by atoms with E-state index in [0.29, 0.717) is 18.1 Å². The summed E-state index contributed by atoms with van der Waals surface area (Å²) in [6.45, 7) is 0.978. The molecule has 1 aromatic carbocycles. The van der Waals surface area contributed by atoms with Crippen molar-refractivity contribution in [2.75, 3.05) is 13.6 Å². The summed E-state index contributed by atoms with van der Waals surface area (Å²) in [5, 5.41) is 6.31. The van der Waals surface area contributed by atoms with Crippen LogP contribution in [0.4, 0.5) is 8.78 Å². The second-order valence-electron chi connectivity index (χ2n) is 5.50. The van der Waals surface area contributed by atoms with E-state index in [9.17, 15) is 8.78 Å². The van der Waals surface area contributed by atoms with E-state index in [1.165, 1.54) is 0 Å². The first-order valence-corrected chi connectivity index (χ1v) is 8.03. The van der Waals surface area contributed by atoms with Crippen molar-refractivity contribution in [2.45, 2.75) is 33.0 Å². The number of nitrogens with one attached hydrogen (secondary N) is 2. The fourth-order valence-electron chi connectivity index (χ4n) is 2.34. The van der Waals surface area contributed by atoms with Gasteiger partial charge in [-0.25, -0.2) is 4.98 Å². The summed E-state index contributed by atoms with van der Waals surface area (Å²) in [7, 11) is 1.66. The third kappa shape index (κ3) is 7.54. The predicted molar refractivity (Wildman–Crippen MR) is 108 cm³/mol. The fourth-order valence-corrected chi connectivity index (χ4v) is 2.34. The number of halogens is 3. The van der Waals surface area contributed by atoms with Gasteiger partial charge in [0, 0.05) is 44.6 Å². The molecule has 26 heavy (non-hydrogen) atoms. The summed E-state index contributed by atoms with van der Waals surface area (Å²) in [6.07, 6.45) is 6.33. The molecule has 0 amide bonds. The highest BCUT2D eigenvalue weighted by molar-refractivity contribution is 14.0. The molecule has 0 saturated heterocycles. The van der Waals surface area contributed by atoms with Crippen LogP contribution in [0.2, 0.25) is 0 Å². The summed E-state index contributed by atoms with van der Waals surface area (Å²) >= 11 is 0. The van der Waals surface area contributed by atoms with Crippen molar-refractivity contribution in [3.8, 4) is 5.75 Å². The Balaban J connectivity index is 0.00000338. The Morgan fingerprint density at radius 2 is 2.15 bits per heavy atom. The van der Waals surface area contributed by atoms with Crippen LogP contribution in [0.1, 0.15) is 17.5 Å². The molecule has 0 atom stereocenters. The minimum absolute atomic E-state index is 0. The molecule has 2 rings (SSSR count). The number of aliphatic imine (C=N–C) groups is 1. The molecule has 144 valence electrons. The molecule has 2 N–H and O–H groups in total. The minimum atomic E-state index is -2.85. The van der Waals surface area contributed by atoms with E-state index in [-0.39, 0.29) is 29.7 Å². The summed E-state index contributed by atoms with van der Waals surface area (Å²) in [4.78, 5) is 8.13. The summed E-state index contributed by atoms with van der Waals surface area (Å²) in [5.41, 5.74) is 1.63. The molecule has 0 aliphatic rings. The van der Waals surface area contributed by atoms with Gasteiger partial charge in [0.1, 0.15) is 5.75 Å². The summed E-state index contributed by atoms with van der Waals surface area (Å²) < 4.78 is 31.6. The van der Waals surface area contributed by atoms with E-state index >= 15 is 0 Å². The van der Waals surface area contributed by atoms with E-state index < -0.39 is 6.61 Å². The molecule has 0 bridgehead atoms. The van der Waals surface area contributed by atoms with E-state index in [2.05, 4.69) is 25.3 Å². The van der Waals surface area contributed by atoms with Crippen molar-refractivity contribution in [3.63, 3.8) is 0 Å². The maximum atomic E-state index is 12.5. The number of ether oxygens (including phenoxy) is 1. The third-order valence-electron chi connectivity index (χ3n) is 3.55. The van der Waals surface area contributed by atoms with Crippen molar-refractivity contribution in [1.82, 2.24) is 20.2 Å². The average molecular weight is 479 g/mol. The van der Waals surface area contributed by atoms with Crippen LogP contribution < -0.4 is 15.4 Å². The van der Waals surface area contributed by atoms with Gasteiger partial charge >= 0.3 is 6.61 Å². The molecular formula is C17H24F2IN5O. The molecule has 6 nitrogen and oxygen atoms in total. The number of nitrogens with zero attached hydrogens (tertiary/aromatic N) is 3. The zero-order chi connectivity index (χ0) is 18.1. The van der Waals surface area contributed by atoms with Gasteiger partial charge in [-0.3, -0.25) is 4.99 Å². The van der Waals surface area contributed by atoms with Crippen molar-refractivity contribution >= 4 is 29.9 Å². The molecule has 0 aliphatic heterocycles. The van der Waals surface area contributed by atoms with Gasteiger partial charge in [-0.2, -0.15) is 8.78 Å². The largest absolute Gasteiger partial charge is 0.434 e. The Bertz CT molecular complexity index is 680. The second-order valence-corrected chi connectivity index (χ2v) is 5.50. The molecule has 0 aliphatic carbocycles. The number of alkyl halides is 2. The molecule has 0 fully saturated rings. The summed E-state index contributed by atoms with van der Waals surface area (Å²) in [5.74, 6) is 0.777. The van der Waals surface area contributed by atoms with Crippen molar-refractivity contribution in [3.05, 3.63) is 48.0 Å². The highest BCUT2D eigenvalue weighted by Crippen LogP contribution is 2.21. The SMILES string of the molecule is CN=C(NCCCn1ccnc1)NCc1cc(C)ccc1OC(F)F.I. The van der Waals surface area contributed by atoms with Gasteiger partial charge in [0.15, 0.2) is 5.96 Å². The minimum Gasteiger partial charge on any atom is -0.434 e. The predicted octanol–water partition coefficient (Wildman–Crippen LogP) is 3.17. The van der Waals surface area contributed by atoms with E-state index in [4.69, 9.17) is 0 Å². The lowest BCUT2D eigenvalue weighted by molar-refractivity contribution is -0.0504. The van der Waals surface area contributed by atoms with Crippen LogP contribution in [0.5, 0.6) is 5.75 Å². The lowest BCUT2D eigenvalue weighted by Gasteiger charge is -2.15. The topological polar surface area (TPSA) is 63.5 Å². The van der Waals surface area contributed by atoms with Crippen molar-refractivity contribution < 1.29 is 13.5 Å². The lowest BCUT2D eigenvalue weighted by Crippen LogP contribution is -2.37. The Hall–Kier alpha value is -1.91. The van der Waals surface area contributed by atoms with Crippen molar-refractivity contribution in [1.29, 1.82) is 0 Å². The number of guanidine groups is 1. The highest BCUT2D eigenvalue weighted by atomic mass is 127. The number of aryl methyl sites for hydroxylation is 2. The number of hydrogen-bond acceptors (Lipinski definition) is 3. The first-order chi connectivity index (χ1) is 12.1. The van der Waals surface area contributed by atoms with Gasteiger partial charge in [0.25, 0.3) is 0 Å².